The van der Waals surface area contributed by atoms with E-state index in [2.05, 4.69) is 10.6 Å². The van der Waals surface area contributed by atoms with Crippen molar-refractivity contribution in [3.8, 4) is 0 Å². The van der Waals surface area contributed by atoms with Crippen molar-refractivity contribution in [2.45, 2.75) is 37.8 Å². The molecule has 0 heterocycles. The van der Waals surface area contributed by atoms with Crippen LogP contribution in [-0.2, 0) is 9.59 Å². The fourth-order valence-electron chi connectivity index (χ4n) is 2.34. The van der Waals surface area contributed by atoms with Gasteiger partial charge >= 0.3 is 0 Å². The maximum absolute atomic E-state index is 12.0. The van der Waals surface area contributed by atoms with Crippen molar-refractivity contribution in [3.05, 3.63) is 39.9 Å². The number of amides is 2. The molecule has 150 valence electrons. The summed E-state index contributed by atoms with van der Waals surface area (Å²) in [5.74, 6) is -0.759. The van der Waals surface area contributed by atoms with Crippen LogP contribution in [0.1, 0.15) is 37.4 Å². The molecule has 0 aromatic heterocycles. The Labute approximate surface area is 156 Å². The molecule has 0 bridgehead atoms. The number of aliphatic hydroxyl groups excluding tert-OH is 2. The number of nitrogens with zero attached hydrogens (tertiary/aromatic N) is 1. The number of aliphatic hydroxyl groups is 2. The number of nitrogens with one attached hydrogen (secondary N) is 2. The fourth-order valence-corrected chi connectivity index (χ4v) is 2.34. The topological polar surface area (TPSA) is 168 Å². The third-order valence-electron chi connectivity index (χ3n) is 3.90. The zero-order chi connectivity index (χ0) is 20.2. The van der Waals surface area contributed by atoms with Crippen LogP contribution in [0.15, 0.2) is 24.3 Å². The molecule has 0 unspecified atom stereocenters. The second-order valence-corrected chi connectivity index (χ2v) is 6.00. The summed E-state index contributed by atoms with van der Waals surface area (Å²) in [5, 5.41) is 35.5. The van der Waals surface area contributed by atoms with Gasteiger partial charge in [0.15, 0.2) is 0 Å². The van der Waals surface area contributed by atoms with Crippen molar-refractivity contribution in [1.82, 2.24) is 10.6 Å². The van der Waals surface area contributed by atoms with E-state index in [4.69, 9.17) is 5.73 Å². The average molecular weight is 382 g/mol. The number of hydrogen-bond donors (Lipinski definition) is 5. The lowest BCUT2D eigenvalue weighted by Crippen LogP contribution is -2.42. The molecule has 0 aliphatic rings. The van der Waals surface area contributed by atoms with Gasteiger partial charge in [-0.3, -0.25) is 19.7 Å². The van der Waals surface area contributed by atoms with Gasteiger partial charge in [-0.25, -0.2) is 0 Å². The van der Waals surface area contributed by atoms with E-state index in [-0.39, 0.29) is 24.4 Å². The Kier molecular flexibility index (Phi) is 9.94. The number of unbranched alkanes of at least 4 members (excludes halogenated alkanes) is 1. The van der Waals surface area contributed by atoms with Crippen molar-refractivity contribution in [2.24, 2.45) is 5.73 Å². The molecule has 0 saturated carbocycles. The van der Waals surface area contributed by atoms with Crippen LogP contribution in [0.3, 0.4) is 0 Å². The van der Waals surface area contributed by atoms with Crippen LogP contribution in [0.5, 0.6) is 0 Å². The molecule has 1 aromatic rings. The Balaban J connectivity index is 2.47. The van der Waals surface area contributed by atoms with Gasteiger partial charge in [0, 0.05) is 31.5 Å². The number of benzene rings is 1. The van der Waals surface area contributed by atoms with Crippen molar-refractivity contribution in [2.75, 3.05) is 19.7 Å². The molecule has 10 heteroatoms. The Morgan fingerprint density at radius 3 is 2.33 bits per heavy atom. The quantitative estimate of drug-likeness (QED) is 0.188. The monoisotopic (exact) mass is 382 g/mol. The minimum atomic E-state index is -1.25. The highest BCUT2D eigenvalue weighted by atomic mass is 16.6. The maximum atomic E-state index is 12.0. The molecule has 6 N–H and O–H groups in total. The zero-order valence-electron chi connectivity index (χ0n) is 15.0. The minimum absolute atomic E-state index is 0.0137. The highest BCUT2D eigenvalue weighted by Gasteiger charge is 2.23. The smallest absolute Gasteiger partial charge is 0.269 e. The maximum Gasteiger partial charge on any atom is 0.269 e. The second kappa shape index (κ2) is 11.9. The number of hydrogen-bond acceptors (Lipinski definition) is 7. The lowest BCUT2D eigenvalue weighted by molar-refractivity contribution is -0.384. The first-order valence-electron chi connectivity index (χ1n) is 8.68. The number of carbonyl (C=O) groups is 2. The summed E-state index contributed by atoms with van der Waals surface area (Å²) in [5.41, 5.74) is 5.54. The van der Waals surface area contributed by atoms with E-state index in [0.717, 1.165) is 12.8 Å². The normalized spacial score (nSPS) is 12.9. The Morgan fingerprint density at radius 1 is 1.15 bits per heavy atom. The lowest BCUT2D eigenvalue weighted by atomic mass is 10.0. The van der Waals surface area contributed by atoms with E-state index >= 15 is 0 Å². The third kappa shape index (κ3) is 8.11. The largest absolute Gasteiger partial charge is 0.394 e. The fraction of sp³-hybridized carbons (Fsp3) is 0.529. The number of rotatable bonds is 12. The van der Waals surface area contributed by atoms with Crippen LogP contribution in [0.2, 0.25) is 0 Å². The molecule has 0 spiro atoms. The molecule has 0 radical (unpaired) electrons. The van der Waals surface area contributed by atoms with Gasteiger partial charge in [0.25, 0.3) is 5.69 Å². The molecule has 10 nitrogen and oxygen atoms in total. The molecule has 2 atom stereocenters. The second-order valence-electron chi connectivity index (χ2n) is 6.00. The van der Waals surface area contributed by atoms with E-state index in [0.29, 0.717) is 18.7 Å². The van der Waals surface area contributed by atoms with Crippen molar-refractivity contribution in [3.63, 3.8) is 0 Å². The van der Waals surface area contributed by atoms with Crippen LogP contribution >= 0.6 is 0 Å². The first kappa shape index (κ1) is 22.5. The Hall–Kier alpha value is -2.56. The summed E-state index contributed by atoms with van der Waals surface area (Å²) in [6.07, 6.45) is 0.221. The number of nitrogens with two attached hydrogens (primary N) is 1. The molecule has 27 heavy (non-hydrogen) atoms. The van der Waals surface area contributed by atoms with E-state index in [1.165, 1.54) is 24.3 Å². The van der Waals surface area contributed by atoms with Gasteiger partial charge in [-0.05, 0) is 37.1 Å². The predicted octanol–water partition coefficient (Wildman–Crippen LogP) is -0.259. The highest BCUT2D eigenvalue weighted by molar-refractivity contribution is 5.83. The average Bonchev–Trinajstić information content (AvgIpc) is 2.67. The van der Waals surface area contributed by atoms with Crippen LogP contribution in [-0.4, -0.2) is 52.7 Å². The SMILES string of the molecule is NCCCCNC(=O)CCC(=O)N[C@H](CO)[C@H](O)c1ccc([N+](=O)[O-])cc1. The number of non-ortho nitro benzene ring substituents is 1. The van der Waals surface area contributed by atoms with Gasteiger partial charge in [-0.2, -0.15) is 0 Å². The molecule has 0 aliphatic heterocycles. The van der Waals surface area contributed by atoms with Gasteiger partial charge in [-0.1, -0.05) is 0 Å². The number of carbonyl (C=O) groups excluding carboxylic acids is 2. The van der Waals surface area contributed by atoms with E-state index < -0.39 is 29.6 Å². The summed E-state index contributed by atoms with van der Waals surface area (Å²) in [4.78, 5) is 33.7. The number of nitro groups is 1. The molecule has 0 aliphatic carbocycles. The first-order valence-corrected chi connectivity index (χ1v) is 8.68. The van der Waals surface area contributed by atoms with Gasteiger partial charge in [-0.15, -0.1) is 0 Å². The van der Waals surface area contributed by atoms with Gasteiger partial charge in [0.1, 0.15) is 6.10 Å². The summed E-state index contributed by atoms with van der Waals surface area (Å²) in [7, 11) is 0. The van der Waals surface area contributed by atoms with E-state index in [1.807, 2.05) is 0 Å². The summed E-state index contributed by atoms with van der Waals surface area (Å²) >= 11 is 0. The van der Waals surface area contributed by atoms with Crippen LogP contribution in [0.4, 0.5) is 5.69 Å². The van der Waals surface area contributed by atoms with Crippen LogP contribution < -0.4 is 16.4 Å². The molecule has 1 aromatic carbocycles. The molecule has 0 fully saturated rings. The lowest BCUT2D eigenvalue weighted by Gasteiger charge is -2.22. The van der Waals surface area contributed by atoms with Crippen molar-refractivity contribution >= 4 is 17.5 Å². The molecule has 0 saturated heterocycles. The van der Waals surface area contributed by atoms with E-state index in [9.17, 15) is 29.9 Å². The van der Waals surface area contributed by atoms with Crippen LogP contribution in [0.25, 0.3) is 0 Å². The predicted molar refractivity (Wildman–Crippen MR) is 97.6 cm³/mol. The molecule has 2 amide bonds. The minimum Gasteiger partial charge on any atom is -0.394 e. The Bertz CT molecular complexity index is 622. The Morgan fingerprint density at radius 2 is 1.78 bits per heavy atom. The van der Waals surface area contributed by atoms with Gasteiger partial charge < -0.3 is 26.6 Å². The van der Waals surface area contributed by atoms with E-state index in [1.54, 1.807) is 0 Å². The van der Waals surface area contributed by atoms with Gasteiger partial charge in [0.2, 0.25) is 11.8 Å². The number of nitro benzene ring substituents is 1. The summed E-state index contributed by atoms with van der Waals surface area (Å²) in [6.45, 7) is 0.517. The third-order valence-corrected chi connectivity index (χ3v) is 3.90. The van der Waals surface area contributed by atoms with Crippen LogP contribution in [0, 0.1) is 10.1 Å². The first-order chi connectivity index (χ1) is 12.9. The highest BCUT2D eigenvalue weighted by Crippen LogP contribution is 2.20. The summed E-state index contributed by atoms with van der Waals surface area (Å²) < 4.78 is 0. The van der Waals surface area contributed by atoms with Crippen molar-refractivity contribution in [1.29, 1.82) is 0 Å². The van der Waals surface area contributed by atoms with Crippen molar-refractivity contribution < 1.29 is 24.7 Å². The zero-order valence-corrected chi connectivity index (χ0v) is 15.0. The van der Waals surface area contributed by atoms with Gasteiger partial charge in [0.05, 0.1) is 17.6 Å². The molecular weight excluding hydrogens is 356 g/mol. The standard InChI is InChI=1S/C17H26N4O6/c18-9-1-2-10-19-15(23)7-8-16(24)20-14(11-22)17(25)12-3-5-13(6-4-12)21(26)27/h3-6,14,17,22,25H,1-2,7-11,18H2,(H,19,23)(H,20,24)/t14-,17-/m1/s1. The summed E-state index contributed by atoms with van der Waals surface area (Å²) in [6, 6.07) is 4.17. The molecule has 1 rings (SSSR count). The molecular formula is C17H26N4O6.